The van der Waals surface area contributed by atoms with Gasteiger partial charge in [0.05, 0.1) is 10.7 Å². The van der Waals surface area contributed by atoms with Crippen molar-refractivity contribution in [1.29, 1.82) is 0 Å². The van der Waals surface area contributed by atoms with Crippen LogP contribution in [0, 0.1) is 19.7 Å². The van der Waals surface area contributed by atoms with Gasteiger partial charge in [0.15, 0.2) is 0 Å². The van der Waals surface area contributed by atoms with Gasteiger partial charge in [0.2, 0.25) is 0 Å². The zero-order valence-electron chi connectivity index (χ0n) is 12.2. The fourth-order valence-electron chi connectivity index (χ4n) is 2.44. The second kappa shape index (κ2) is 5.94. The van der Waals surface area contributed by atoms with Crippen molar-refractivity contribution in [3.05, 3.63) is 51.6 Å². The van der Waals surface area contributed by atoms with Gasteiger partial charge in [0, 0.05) is 30.9 Å². The van der Waals surface area contributed by atoms with Crippen LogP contribution in [-0.2, 0) is 13.6 Å². The average molecular weight is 296 g/mol. The third-order valence-corrected chi connectivity index (χ3v) is 3.90. The highest BCUT2D eigenvalue weighted by Crippen LogP contribution is 2.21. The van der Waals surface area contributed by atoms with Crippen LogP contribution in [0.25, 0.3) is 0 Å². The van der Waals surface area contributed by atoms with Crippen molar-refractivity contribution in [3.63, 3.8) is 0 Å². The molecular weight excluding hydrogens is 277 g/mol. The Hall–Kier alpha value is -1.39. The third kappa shape index (κ3) is 3.02. The van der Waals surface area contributed by atoms with E-state index in [0.29, 0.717) is 6.54 Å². The van der Waals surface area contributed by atoms with Crippen LogP contribution >= 0.6 is 11.6 Å². The predicted molar refractivity (Wildman–Crippen MR) is 79.3 cm³/mol. The molecule has 1 aromatic heterocycles. The number of hydrogen-bond acceptors (Lipinski definition) is 2. The molecule has 2 aromatic rings. The monoisotopic (exact) mass is 295 g/mol. The quantitative estimate of drug-likeness (QED) is 0.932. The first kappa shape index (κ1) is 15.0. The topological polar surface area (TPSA) is 29.9 Å². The van der Waals surface area contributed by atoms with Crippen molar-refractivity contribution < 1.29 is 4.39 Å². The Kier molecular flexibility index (Phi) is 4.45. The summed E-state index contributed by atoms with van der Waals surface area (Å²) in [7, 11) is 1.94. The minimum Gasteiger partial charge on any atom is -0.306 e. The molecule has 0 spiro atoms. The molecule has 108 valence electrons. The van der Waals surface area contributed by atoms with E-state index < -0.39 is 0 Å². The summed E-state index contributed by atoms with van der Waals surface area (Å²) in [5.41, 5.74) is 4.23. The first-order valence-electron chi connectivity index (χ1n) is 6.57. The van der Waals surface area contributed by atoms with Gasteiger partial charge in [-0.05, 0) is 38.5 Å². The maximum absolute atomic E-state index is 13.4. The number of nitrogens with zero attached hydrogens (tertiary/aromatic N) is 2. The van der Waals surface area contributed by atoms with Crippen molar-refractivity contribution in [1.82, 2.24) is 15.1 Å². The minimum atomic E-state index is -0.382. The Morgan fingerprint density at radius 3 is 2.65 bits per heavy atom. The Morgan fingerprint density at radius 2 is 2.10 bits per heavy atom. The fourth-order valence-corrected chi connectivity index (χ4v) is 2.56. The van der Waals surface area contributed by atoms with Crippen molar-refractivity contribution in [3.8, 4) is 0 Å². The predicted octanol–water partition coefficient (Wildman–Crippen LogP) is 3.68. The van der Waals surface area contributed by atoms with E-state index >= 15 is 0 Å². The summed E-state index contributed by atoms with van der Waals surface area (Å²) < 4.78 is 15.3. The van der Waals surface area contributed by atoms with Crippen LogP contribution in [-0.4, -0.2) is 9.78 Å². The number of aromatic nitrogens is 2. The molecule has 0 bridgehead atoms. The Labute approximate surface area is 123 Å². The summed E-state index contributed by atoms with van der Waals surface area (Å²) in [6, 6.07) is 5.03. The molecule has 1 atom stereocenters. The molecule has 1 N–H and O–H groups in total. The number of aryl methyl sites for hydroxylation is 2. The van der Waals surface area contributed by atoms with Crippen molar-refractivity contribution in [2.45, 2.75) is 33.4 Å². The number of benzene rings is 1. The lowest BCUT2D eigenvalue weighted by Gasteiger charge is -2.15. The Bertz CT molecular complexity index is 622. The van der Waals surface area contributed by atoms with Gasteiger partial charge in [-0.2, -0.15) is 5.10 Å². The van der Waals surface area contributed by atoms with Crippen LogP contribution in [0.1, 0.15) is 35.5 Å². The third-order valence-electron chi connectivity index (χ3n) is 3.59. The minimum absolute atomic E-state index is 0.153. The maximum atomic E-state index is 13.4. The maximum Gasteiger partial charge on any atom is 0.142 e. The van der Waals surface area contributed by atoms with E-state index in [1.807, 2.05) is 24.7 Å². The number of nitrogens with one attached hydrogen (secondary N) is 1. The van der Waals surface area contributed by atoms with Gasteiger partial charge in [-0.3, -0.25) is 4.68 Å². The van der Waals surface area contributed by atoms with E-state index in [9.17, 15) is 4.39 Å². The smallest absolute Gasteiger partial charge is 0.142 e. The highest BCUT2D eigenvalue weighted by atomic mass is 35.5. The van der Waals surface area contributed by atoms with Gasteiger partial charge < -0.3 is 5.32 Å². The second-order valence-corrected chi connectivity index (χ2v) is 5.47. The lowest BCUT2D eigenvalue weighted by Crippen LogP contribution is -2.19. The van der Waals surface area contributed by atoms with E-state index in [-0.39, 0.29) is 16.9 Å². The standard InChI is InChI=1S/C15H19ClFN3/c1-9(15-10(2)19-20(4)11(15)3)18-8-12-5-6-13(16)14(17)7-12/h5-7,9,18H,8H2,1-4H3. The molecule has 1 aromatic carbocycles. The summed E-state index contributed by atoms with van der Waals surface area (Å²) in [6.07, 6.45) is 0. The van der Waals surface area contributed by atoms with E-state index in [1.54, 1.807) is 6.07 Å². The molecule has 5 heteroatoms. The fraction of sp³-hybridized carbons (Fsp3) is 0.400. The lowest BCUT2D eigenvalue weighted by molar-refractivity contribution is 0.564. The zero-order valence-corrected chi connectivity index (χ0v) is 12.9. The molecule has 3 nitrogen and oxygen atoms in total. The molecule has 20 heavy (non-hydrogen) atoms. The molecule has 0 aliphatic carbocycles. The summed E-state index contributed by atoms with van der Waals surface area (Å²) in [4.78, 5) is 0. The molecule has 2 rings (SSSR count). The Morgan fingerprint density at radius 1 is 1.40 bits per heavy atom. The second-order valence-electron chi connectivity index (χ2n) is 5.06. The molecule has 0 saturated carbocycles. The first-order chi connectivity index (χ1) is 9.40. The van der Waals surface area contributed by atoms with Gasteiger partial charge in [-0.1, -0.05) is 17.7 Å². The van der Waals surface area contributed by atoms with Crippen molar-refractivity contribution in [2.75, 3.05) is 0 Å². The molecule has 1 unspecified atom stereocenters. The largest absolute Gasteiger partial charge is 0.306 e. The normalized spacial score (nSPS) is 12.7. The van der Waals surface area contributed by atoms with E-state index in [2.05, 4.69) is 24.3 Å². The van der Waals surface area contributed by atoms with Gasteiger partial charge in [0.25, 0.3) is 0 Å². The first-order valence-corrected chi connectivity index (χ1v) is 6.95. The number of halogens is 2. The summed E-state index contributed by atoms with van der Waals surface area (Å²) >= 11 is 5.68. The van der Waals surface area contributed by atoms with E-state index in [1.165, 1.54) is 11.6 Å². The Balaban J connectivity index is 2.08. The van der Waals surface area contributed by atoms with Gasteiger partial charge in [0.1, 0.15) is 5.82 Å². The van der Waals surface area contributed by atoms with E-state index in [4.69, 9.17) is 11.6 Å². The molecule has 0 aliphatic rings. The molecule has 0 saturated heterocycles. The SMILES string of the molecule is Cc1nn(C)c(C)c1C(C)NCc1ccc(Cl)c(F)c1. The van der Waals surface area contributed by atoms with Crippen LogP contribution in [0.3, 0.4) is 0 Å². The molecule has 0 radical (unpaired) electrons. The van der Waals surface area contributed by atoms with Gasteiger partial charge in [-0.25, -0.2) is 4.39 Å². The molecule has 0 aliphatic heterocycles. The van der Waals surface area contributed by atoms with Gasteiger partial charge in [-0.15, -0.1) is 0 Å². The summed E-state index contributed by atoms with van der Waals surface area (Å²) in [6.45, 7) is 6.73. The van der Waals surface area contributed by atoms with Crippen molar-refractivity contribution >= 4 is 11.6 Å². The lowest BCUT2D eigenvalue weighted by atomic mass is 10.1. The van der Waals surface area contributed by atoms with Crippen LogP contribution in [0.15, 0.2) is 18.2 Å². The number of rotatable bonds is 4. The molecule has 0 amide bonds. The molecular formula is C15H19ClFN3. The van der Waals surface area contributed by atoms with Crippen LogP contribution in [0.5, 0.6) is 0 Å². The zero-order chi connectivity index (χ0) is 14.9. The van der Waals surface area contributed by atoms with Crippen molar-refractivity contribution in [2.24, 2.45) is 7.05 Å². The van der Waals surface area contributed by atoms with E-state index in [0.717, 1.165) is 17.0 Å². The van der Waals surface area contributed by atoms with Gasteiger partial charge >= 0.3 is 0 Å². The molecule has 1 heterocycles. The van der Waals surface area contributed by atoms with Crippen LogP contribution in [0.4, 0.5) is 4.39 Å². The highest BCUT2D eigenvalue weighted by molar-refractivity contribution is 6.30. The molecule has 0 fully saturated rings. The highest BCUT2D eigenvalue weighted by Gasteiger charge is 2.15. The number of hydrogen-bond donors (Lipinski definition) is 1. The average Bonchev–Trinajstić information content (AvgIpc) is 2.64. The van der Waals surface area contributed by atoms with Crippen LogP contribution in [0.2, 0.25) is 5.02 Å². The summed E-state index contributed by atoms with van der Waals surface area (Å²) in [5, 5.41) is 7.96. The van der Waals surface area contributed by atoms with Crippen LogP contribution < -0.4 is 5.32 Å². The summed E-state index contributed by atoms with van der Waals surface area (Å²) in [5.74, 6) is -0.382.